The van der Waals surface area contributed by atoms with Gasteiger partial charge in [-0.1, -0.05) is 50.2 Å². The SMILES string of the molecule is Cc1c(-c2cc(C(=O)O)c3c(OCC4CC(c5ccc6sc(-c7cc(C(=O)O)c8c(O[C@@H]9C[C@H](C)C[C@H](C)C9)ccc(C)c8n7)c(C)c6c5)C4)ccc(C)c3n2)sc2ccccc12. The second kappa shape index (κ2) is 16.1. The van der Waals surface area contributed by atoms with E-state index in [1.165, 1.54) is 12.0 Å². The van der Waals surface area contributed by atoms with E-state index in [0.717, 1.165) is 77.9 Å². The maximum Gasteiger partial charge on any atom is 0.336 e. The molecule has 10 rings (SSSR count). The summed E-state index contributed by atoms with van der Waals surface area (Å²) in [5.74, 6) is 0.971. The third-order valence-electron chi connectivity index (χ3n) is 13.6. The van der Waals surface area contributed by atoms with Crippen molar-refractivity contribution in [1.82, 2.24) is 9.97 Å². The van der Waals surface area contributed by atoms with Gasteiger partial charge in [0.25, 0.3) is 0 Å². The molecule has 0 unspecified atom stereocenters. The van der Waals surface area contributed by atoms with Gasteiger partial charge >= 0.3 is 11.9 Å². The zero-order valence-corrected chi connectivity index (χ0v) is 38.0. The topological polar surface area (TPSA) is 119 Å². The molecule has 0 aliphatic heterocycles. The monoisotopic (exact) mass is 874 g/mol. The molecule has 0 bridgehead atoms. The van der Waals surface area contributed by atoms with Gasteiger partial charge in [0.15, 0.2) is 0 Å². The van der Waals surface area contributed by atoms with Gasteiger partial charge in [-0.05, 0) is 165 Å². The Hall–Kier alpha value is -5.84. The van der Waals surface area contributed by atoms with Gasteiger partial charge in [0.2, 0.25) is 0 Å². The maximum absolute atomic E-state index is 12.9. The zero-order chi connectivity index (χ0) is 43.8. The Balaban J connectivity index is 0.883. The Kier molecular flexibility index (Phi) is 10.5. The van der Waals surface area contributed by atoms with Gasteiger partial charge in [-0.2, -0.15) is 0 Å². The molecule has 3 atom stereocenters. The number of aromatic nitrogens is 2. The standard InChI is InChI=1S/C53H50N2O6S2/c1-26-17-27(2)19-35(18-26)61-43-15-12-29(4)49-47(43)39(53(58)59)24-41(55-49)51-31(6)37-22-33(13-16-45(37)63-51)34-20-32(21-34)25-60-42-14-11-28(3)48-46(42)38(52(56)57)23-40(54-48)50-30(5)36-9-7-8-10-44(36)62-50/h7-16,22-24,26-27,32,34-35H,17-21,25H2,1-6H3,(H,56,57)(H,58,59)/t26-,27+,32?,34?,35-. The summed E-state index contributed by atoms with van der Waals surface area (Å²) in [4.78, 5) is 37.9. The van der Waals surface area contributed by atoms with E-state index in [0.29, 0.717) is 75.0 Å². The van der Waals surface area contributed by atoms with Crippen LogP contribution in [0.5, 0.6) is 11.5 Å². The number of hydrogen-bond donors (Lipinski definition) is 2. The Morgan fingerprint density at radius 2 is 1.21 bits per heavy atom. The Morgan fingerprint density at radius 1 is 0.651 bits per heavy atom. The summed E-state index contributed by atoms with van der Waals surface area (Å²) in [6, 6.07) is 26.1. The van der Waals surface area contributed by atoms with Gasteiger partial charge < -0.3 is 19.7 Å². The van der Waals surface area contributed by atoms with Crippen molar-refractivity contribution >= 4 is 76.6 Å². The van der Waals surface area contributed by atoms with E-state index in [1.807, 2.05) is 50.2 Å². The minimum atomic E-state index is -1.00. The molecule has 10 heteroatoms. The molecular formula is C53H50N2O6S2. The average molecular weight is 875 g/mol. The summed E-state index contributed by atoms with van der Waals surface area (Å²) < 4.78 is 15.4. The van der Waals surface area contributed by atoms with Gasteiger partial charge in [0.1, 0.15) is 11.5 Å². The lowest BCUT2D eigenvalue weighted by molar-refractivity contribution is 0.0687. The number of benzene rings is 4. The highest BCUT2D eigenvalue weighted by atomic mass is 32.1. The lowest BCUT2D eigenvalue weighted by Gasteiger charge is -2.35. The molecule has 63 heavy (non-hydrogen) atoms. The van der Waals surface area contributed by atoms with Crippen LogP contribution in [0.3, 0.4) is 0 Å². The highest BCUT2D eigenvalue weighted by Gasteiger charge is 2.32. The number of carbonyl (C=O) groups is 2. The smallest absolute Gasteiger partial charge is 0.336 e. The first-order chi connectivity index (χ1) is 30.3. The van der Waals surface area contributed by atoms with E-state index in [4.69, 9.17) is 19.4 Å². The number of thiophene rings is 2. The third kappa shape index (κ3) is 7.40. The number of hydrogen-bond acceptors (Lipinski definition) is 8. The quantitative estimate of drug-likeness (QED) is 0.139. The summed E-state index contributed by atoms with van der Waals surface area (Å²) in [6.07, 6.45) is 5.07. The summed E-state index contributed by atoms with van der Waals surface area (Å²) in [5, 5.41) is 24.5. The zero-order valence-electron chi connectivity index (χ0n) is 36.4. The van der Waals surface area contributed by atoms with Gasteiger partial charge in [-0.25, -0.2) is 19.6 Å². The average Bonchev–Trinajstić information content (AvgIpc) is 3.76. The first kappa shape index (κ1) is 41.2. The molecule has 4 aromatic carbocycles. The minimum absolute atomic E-state index is 0.0451. The molecule has 2 saturated carbocycles. The van der Waals surface area contributed by atoms with Crippen LogP contribution in [0, 0.1) is 45.4 Å². The molecule has 4 heterocycles. The van der Waals surface area contributed by atoms with Gasteiger partial charge in [-0.3, -0.25) is 0 Å². The van der Waals surface area contributed by atoms with Crippen LogP contribution in [0.15, 0.2) is 78.9 Å². The molecule has 8 aromatic rings. The van der Waals surface area contributed by atoms with Crippen molar-refractivity contribution in [2.24, 2.45) is 17.8 Å². The number of carboxylic acids is 2. The number of pyridine rings is 2. The molecule has 2 N–H and O–H groups in total. The second-order valence-corrected chi connectivity index (χ2v) is 20.4. The molecular weight excluding hydrogens is 825 g/mol. The maximum atomic E-state index is 12.9. The number of carboxylic acid groups (broad SMARTS) is 2. The summed E-state index contributed by atoms with van der Waals surface area (Å²) >= 11 is 3.29. The molecule has 4 aromatic heterocycles. The van der Waals surface area contributed by atoms with E-state index in [9.17, 15) is 19.8 Å². The van der Waals surface area contributed by atoms with E-state index >= 15 is 0 Å². The van der Waals surface area contributed by atoms with Crippen molar-refractivity contribution in [3.63, 3.8) is 0 Å². The number of fused-ring (bicyclic) bond motifs is 4. The van der Waals surface area contributed by atoms with Gasteiger partial charge in [0.05, 0.1) is 66.8 Å². The summed E-state index contributed by atoms with van der Waals surface area (Å²) in [5.41, 5.74) is 8.34. The number of rotatable bonds is 10. The number of ether oxygens (including phenoxy) is 2. The fourth-order valence-electron chi connectivity index (χ4n) is 10.3. The fraction of sp³-hybridized carbons (Fsp3) is 0.321. The highest BCUT2D eigenvalue weighted by Crippen LogP contribution is 2.47. The third-order valence-corrected chi connectivity index (χ3v) is 16.2. The van der Waals surface area contributed by atoms with Crippen LogP contribution in [0.2, 0.25) is 0 Å². The van der Waals surface area contributed by atoms with Crippen LogP contribution in [0.1, 0.15) is 100 Å². The fourth-order valence-corrected chi connectivity index (χ4v) is 12.6. The van der Waals surface area contributed by atoms with E-state index in [1.54, 1.807) is 34.8 Å². The second-order valence-electron chi connectivity index (χ2n) is 18.3. The molecule has 0 radical (unpaired) electrons. The van der Waals surface area contributed by atoms with Crippen LogP contribution in [-0.2, 0) is 0 Å². The molecule has 8 nitrogen and oxygen atoms in total. The van der Waals surface area contributed by atoms with Crippen molar-refractivity contribution in [2.75, 3.05) is 6.61 Å². The highest BCUT2D eigenvalue weighted by molar-refractivity contribution is 7.22. The van der Waals surface area contributed by atoms with Crippen molar-refractivity contribution in [1.29, 1.82) is 0 Å². The lowest BCUT2D eigenvalue weighted by atomic mass is 9.71. The van der Waals surface area contributed by atoms with Gasteiger partial charge in [-0.15, -0.1) is 22.7 Å². The van der Waals surface area contributed by atoms with E-state index in [-0.39, 0.29) is 17.2 Å². The van der Waals surface area contributed by atoms with Crippen LogP contribution in [-0.4, -0.2) is 44.8 Å². The Labute approximate surface area is 374 Å². The molecule has 320 valence electrons. The normalized spacial score (nSPS) is 20.1. The predicted octanol–water partition coefficient (Wildman–Crippen LogP) is 14.0. The van der Waals surface area contributed by atoms with Crippen LogP contribution in [0.4, 0.5) is 0 Å². The summed E-state index contributed by atoms with van der Waals surface area (Å²) in [6.45, 7) is 13.1. The Bertz CT molecular complexity index is 3150. The number of aromatic carboxylic acids is 2. The first-order valence-electron chi connectivity index (χ1n) is 22.0. The van der Waals surface area contributed by atoms with Crippen molar-refractivity contribution in [2.45, 2.75) is 85.7 Å². The first-order valence-corrected chi connectivity index (χ1v) is 23.6. The summed E-state index contributed by atoms with van der Waals surface area (Å²) in [7, 11) is 0. The van der Waals surface area contributed by atoms with Gasteiger partial charge in [0, 0.05) is 9.40 Å². The molecule has 0 spiro atoms. The molecule has 0 amide bonds. The minimum Gasteiger partial charge on any atom is -0.493 e. The number of aryl methyl sites for hydroxylation is 4. The van der Waals surface area contributed by atoms with Crippen molar-refractivity contribution in [3.05, 3.63) is 118 Å². The van der Waals surface area contributed by atoms with Crippen molar-refractivity contribution < 1.29 is 29.3 Å². The molecule has 2 fully saturated rings. The molecule has 0 saturated heterocycles. The van der Waals surface area contributed by atoms with Crippen LogP contribution >= 0.6 is 22.7 Å². The van der Waals surface area contributed by atoms with Crippen LogP contribution < -0.4 is 9.47 Å². The molecule has 2 aliphatic rings. The lowest BCUT2D eigenvalue weighted by Crippen LogP contribution is -2.28. The van der Waals surface area contributed by atoms with E-state index < -0.39 is 11.9 Å². The Morgan fingerprint density at radius 3 is 1.81 bits per heavy atom. The van der Waals surface area contributed by atoms with E-state index in [2.05, 4.69) is 58.0 Å². The largest absolute Gasteiger partial charge is 0.493 e. The predicted molar refractivity (Wildman–Crippen MR) is 256 cm³/mol. The number of nitrogens with zero attached hydrogens (tertiary/aromatic N) is 2. The van der Waals surface area contributed by atoms with Crippen LogP contribution in [0.25, 0.3) is 63.1 Å². The molecule has 2 aliphatic carbocycles. The van der Waals surface area contributed by atoms with Crippen molar-refractivity contribution in [3.8, 4) is 32.6 Å².